The second-order valence-corrected chi connectivity index (χ2v) is 5.48. The maximum absolute atomic E-state index is 5.64. The summed E-state index contributed by atoms with van der Waals surface area (Å²) in [6.07, 6.45) is 6.09. The number of hydrogen-bond donors (Lipinski definition) is 1. The zero-order valence-corrected chi connectivity index (χ0v) is 13.4. The van der Waals surface area contributed by atoms with Gasteiger partial charge in [0.1, 0.15) is 12.4 Å². The maximum atomic E-state index is 5.64. The number of allylic oxidation sites excluding steroid dienone is 1. The Hall–Kier alpha value is -2.40. The molecule has 0 saturated carbocycles. The average molecular weight is 313 g/mol. The van der Waals surface area contributed by atoms with Crippen LogP contribution in [0.2, 0.25) is 0 Å². The van der Waals surface area contributed by atoms with Crippen LogP contribution in [0.4, 0.5) is 5.13 Å². The third-order valence-electron chi connectivity index (χ3n) is 2.80. The van der Waals surface area contributed by atoms with Crippen molar-refractivity contribution in [2.24, 2.45) is 5.10 Å². The minimum Gasteiger partial charge on any atom is -0.489 e. The van der Waals surface area contributed by atoms with Gasteiger partial charge < -0.3 is 4.74 Å². The standard InChI is InChI=1S/C17H19N3OS/c1-4-6-15-10-14(7-8-16(15)21-9-5-2)11-18-20-17-19-13(3)12-22-17/h4-5,7-8,10-12H,1-2,6,9H2,3H3,(H,19,20). The van der Waals surface area contributed by atoms with E-state index in [2.05, 4.69) is 28.7 Å². The number of aromatic nitrogens is 1. The Labute approximate surface area is 134 Å². The van der Waals surface area contributed by atoms with Crippen molar-refractivity contribution in [2.75, 3.05) is 12.0 Å². The number of ether oxygens (including phenoxy) is 1. The highest BCUT2D eigenvalue weighted by atomic mass is 32.1. The molecular formula is C17H19N3OS. The molecule has 0 aliphatic carbocycles. The van der Waals surface area contributed by atoms with Gasteiger partial charge in [0.2, 0.25) is 5.13 Å². The first-order valence-electron chi connectivity index (χ1n) is 6.91. The van der Waals surface area contributed by atoms with Gasteiger partial charge in [-0.15, -0.1) is 17.9 Å². The number of hydrazone groups is 1. The summed E-state index contributed by atoms with van der Waals surface area (Å²) in [7, 11) is 0. The van der Waals surface area contributed by atoms with Crippen LogP contribution in [-0.4, -0.2) is 17.8 Å². The topological polar surface area (TPSA) is 46.5 Å². The van der Waals surface area contributed by atoms with E-state index in [1.54, 1.807) is 12.3 Å². The molecular weight excluding hydrogens is 294 g/mol. The fourth-order valence-electron chi connectivity index (χ4n) is 1.85. The van der Waals surface area contributed by atoms with Crippen LogP contribution in [-0.2, 0) is 6.42 Å². The van der Waals surface area contributed by atoms with Gasteiger partial charge in [-0.3, -0.25) is 5.43 Å². The molecule has 0 amide bonds. The van der Waals surface area contributed by atoms with Gasteiger partial charge in [-0.2, -0.15) is 5.10 Å². The Balaban J connectivity index is 2.08. The van der Waals surface area contributed by atoms with E-state index in [1.807, 2.05) is 36.6 Å². The molecule has 114 valence electrons. The third kappa shape index (κ3) is 4.56. The van der Waals surface area contributed by atoms with Crippen molar-refractivity contribution in [1.82, 2.24) is 4.98 Å². The van der Waals surface area contributed by atoms with Gasteiger partial charge in [0.05, 0.1) is 11.9 Å². The van der Waals surface area contributed by atoms with Crippen LogP contribution in [0.1, 0.15) is 16.8 Å². The van der Waals surface area contributed by atoms with Crippen molar-refractivity contribution >= 4 is 22.7 Å². The van der Waals surface area contributed by atoms with Gasteiger partial charge in [-0.1, -0.05) is 18.7 Å². The van der Waals surface area contributed by atoms with Crippen molar-refractivity contribution in [3.8, 4) is 5.75 Å². The SMILES string of the molecule is C=CCOc1ccc(C=NNc2nc(C)cs2)cc1CC=C. The number of thiazole rings is 1. The lowest BCUT2D eigenvalue weighted by Crippen LogP contribution is -1.98. The quantitative estimate of drug-likeness (QED) is 0.451. The highest BCUT2D eigenvalue weighted by molar-refractivity contribution is 7.13. The summed E-state index contributed by atoms with van der Waals surface area (Å²) >= 11 is 1.53. The first kappa shape index (κ1) is 16.0. The highest BCUT2D eigenvalue weighted by Gasteiger charge is 2.03. The molecule has 4 nitrogen and oxygen atoms in total. The fourth-order valence-corrected chi connectivity index (χ4v) is 2.49. The van der Waals surface area contributed by atoms with Gasteiger partial charge in [0.25, 0.3) is 0 Å². The molecule has 0 unspecified atom stereocenters. The van der Waals surface area contributed by atoms with Crippen LogP contribution in [0.3, 0.4) is 0 Å². The summed E-state index contributed by atoms with van der Waals surface area (Å²) in [5.74, 6) is 0.848. The minimum atomic E-state index is 0.489. The predicted molar refractivity (Wildman–Crippen MR) is 94.1 cm³/mol. The van der Waals surface area contributed by atoms with Crippen molar-refractivity contribution in [1.29, 1.82) is 0 Å². The molecule has 0 aliphatic rings. The summed E-state index contributed by atoms with van der Waals surface area (Å²) in [4.78, 5) is 4.29. The zero-order chi connectivity index (χ0) is 15.8. The molecule has 22 heavy (non-hydrogen) atoms. The molecule has 2 rings (SSSR count). The largest absolute Gasteiger partial charge is 0.489 e. The number of hydrogen-bond acceptors (Lipinski definition) is 5. The van der Waals surface area contributed by atoms with Gasteiger partial charge in [0.15, 0.2) is 0 Å². The molecule has 5 heteroatoms. The van der Waals surface area contributed by atoms with Crippen molar-refractivity contribution in [3.05, 3.63) is 65.7 Å². The van der Waals surface area contributed by atoms with Crippen LogP contribution >= 0.6 is 11.3 Å². The van der Waals surface area contributed by atoms with Crippen LogP contribution in [0.5, 0.6) is 5.75 Å². The number of nitrogens with one attached hydrogen (secondary N) is 1. The van der Waals surface area contributed by atoms with E-state index < -0.39 is 0 Å². The van der Waals surface area contributed by atoms with E-state index in [0.29, 0.717) is 6.61 Å². The van der Waals surface area contributed by atoms with E-state index in [0.717, 1.165) is 34.1 Å². The lowest BCUT2D eigenvalue weighted by molar-refractivity contribution is 0.360. The molecule has 0 fully saturated rings. The van der Waals surface area contributed by atoms with Gasteiger partial charge in [-0.25, -0.2) is 4.98 Å². The summed E-state index contributed by atoms with van der Waals surface area (Å²) in [6, 6.07) is 5.94. The normalized spacial score (nSPS) is 10.6. The first-order chi connectivity index (χ1) is 10.7. The Morgan fingerprint density at radius 2 is 2.23 bits per heavy atom. The zero-order valence-electron chi connectivity index (χ0n) is 12.6. The van der Waals surface area contributed by atoms with Crippen molar-refractivity contribution < 1.29 is 4.74 Å². The van der Waals surface area contributed by atoms with Crippen molar-refractivity contribution in [3.63, 3.8) is 0 Å². The molecule has 2 aromatic rings. The summed E-state index contributed by atoms with van der Waals surface area (Å²) < 4.78 is 5.64. The maximum Gasteiger partial charge on any atom is 0.203 e. The first-order valence-corrected chi connectivity index (χ1v) is 7.79. The lowest BCUT2D eigenvalue weighted by atomic mass is 10.1. The van der Waals surface area contributed by atoms with Crippen LogP contribution in [0, 0.1) is 6.92 Å². The third-order valence-corrected chi connectivity index (χ3v) is 3.66. The lowest BCUT2D eigenvalue weighted by Gasteiger charge is -2.09. The molecule has 0 spiro atoms. The molecule has 1 N–H and O–H groups in total. The summed E-state index contributed by atoms with van der Waals surface area (Å²) in [6.45, 7) is 9.88. The number of nitrogens with zero attached hydrogens (tertiary/aromatic N) is 2. The fraction of sp³-hybridized carbons (Fsp3) is 0.176. The van der Waals surface area contributed by atoms with Gasteiger partial charge in [0, 0.05) is 5.38 Å². The molecule has 0 aliphatic heterocycles. The Morgan fingerprint density at radius 1 is 1.36 bits per heavy atom. The number of rotatable bonds is 8. The second-order valence-electron chi connectivity index (χ2n) is 4.62. The van der Waals surface area contributed by atoms with E-state index in [1.165, 1.54) is 11.3 Å². The molecule has 0 bridgehead atoms. The van der Waals surface area contributed by atoms with Crippen LogP contribution in [0.15, 0.2) is 54.0 Å². The van der Waals surface area contributed by atoms with E-state index >= 15 is 0 Å². The Morgan fingerprint density at radius 3 is 2.91 bits per heavy atom. The molecule has 0 saturated heterocycles. The molecule has 1 aromatic carbocycles. The number of benzene rings is 1. The van der Waals surface area contributed by atoms with Crippen LogP contribution < -0.4 is 10.2 Å². The Bertz CT molecular complexity index is 676. The summed E-state index contributed by atoms with van der Waals surface area (Å²) in [5.41, 5.74) is 5.98. The molecule has 0 atom stereocenters. The van der Waals surface area contributed by atoms with E-state index in [9.17, 15) is 0 Å². The number of aryl methyl sites for hydroxylation is 1. The Kier molecular flexibility index (Phi) is 5.91. The number of anilines is 1. The molecule has 1 heterocycles. The molecule has 1 aromatic heterocycles. The second kappa shape index (κ2) is 8.14. The van der Waals surface area contributed by atoms with Gasteiger partial charge >= 0.3 is 0 Å². The minimum absolute atomic E-state index is 0.489. The smallest absolute Gasteiger partial charge is 0.203 e. The van der Waals surface area contributed by atoms with E-state index in [-0.39, 0.29) is 0 Å². The molecule has 0 radical (unpaired) electrons. The predicted octanol–water partition coefficient (Wildman–Crippen LogP) is 4.19. The highest BCUT2D eigenvalue weighted by Crippen LogP contribution is 2.21. The van der Waals surface area contributed by atoms with E-state index in [4.69, 9.17) is 4.74 Å². The van der Waals surface area contributed by atoms with Crippen molar-refractivity contribution in [2.45, 2.75) is 13.3 Å². The van der Waals surface area contributed by atoms with Crippen LogP contribution in [0.25, 0.3) is 0 Å². The average Bonchev–Trinajstić information content (AvgIpc) is 2.92. The monoisotopic (exact) mass is 313 g/mol. The van der Waals surface area contributed by atoms with Gasteiger partial charge in [-0.05, 0) is 42.7 Å². The summed E-state index contributed by atoms with van der Waals surface area (Å²) in [5, 5.41) is 6.97.